The molecule has 0 spiro atoms. The predicted octanol–water partition coefficient (Wildman–Crippen LogP) is 1.76. The lowest BCUT2D eigenvalue weighted by atomic mass is 10.1. The van der Waals surface area contributed by atoms with Gasteiger partial charge in [0.25, 0.3) is 0 Å². The lowest BCUT2D eigenvalue weighted by Crippen LogP contribution is -2.35. The third kappa shape index (κ3) is 5.79. The van der Waals surface area contributed by atoms with Crippen molar-refractivity contribution in [2.24, 2.45) is 5.73 Å². The second kappa shape index (κ2) is 8.00. The van der Waals surface area contributed by atoms with E-state index >= 15 is 0 Å². The molecule has 1 rings (SSSR count). The van der Waals surface area contributed by atoms with Gasteiger partial charge in [-0.05, 0) is 18.9 Å². The Kier molecular flexibility index (Phi) is 6.26. The van der Waals surface area contributed by atoms with Crippen LogP contribution in [0.1, 0.15) is 12.5 Å². The van der Waals surface area contributed by atoms with Gasteiger partial charge in [0.1, 0.15) is 6.04 Å². The highest BCUT2D eigenvalue weighted by atomic mass is 16.6. The molecule has 4 nitrogen and oxygen atoms in total. The fraction of sp³-hybridized carbons (Fsp3) is 0.200. The molecule has 2 N–H and O–H groups in total. The molecule has 0 amide bonds. The van der Waals surface area contributed by atoms with E-state index in [1.54, 1.807) is 12.2 Å². The van der Waals surface area contributed by atoms with E-state index in [0.717, 1.165) is 5.56 Å². The van der Waals surface area contributed by atoms with E-state index in [0.29, 0.717) is 6.42 Å². The van der Waals surface area contributed by atoms with Crippen molar-refractivity contribution in [2.75, 3.05) is 0 Å². The molecule has 100 valence electrons. The van der Waals surface area contributed by atoms with Gasteiger partial charge in [-0.15, -0.1) is 0 Å². The van der Waals surface area contributed by atoms with E-state index < -0.39 is 18.0 Å². The maximum Gasteiger partial charge on any atom is 0.338 e. The Bertz CT molecular complexity index is 477. The SMILES string of the molecule is C/C=C/C=C/C(=O)OC(=O)[C@@H](N)Cc1ccccc1. The summed E-state index contributed by atoms with van der Waals surface area (Å²) in [4.78, 5) is 22.8. The van der Waals surface area contributed by atoms with E-state index in [2.05, 4.69) is 4.74 Å². The Morgan fingerprint density at radius 1 is 1.26 bits per heavy atom. The third-order valence-electron chi connectivity index (χ3n) is 2.34. The van der Waals surface area contributed by atoms with Crippen LogP contribution in [-0.4, -0.2) is 18.0 Å². The first-order valence-electron chi connectivity index (χ1n) is 5.98. The molecule has 0 aliphatic rings. The van der Waals surface area contributed by atoms with E-state index in [1.807, 2.05) is 37.3 Å². The van der Waals surface area contributed by atoms with Crippen LogP contribution < -0.4 is 5.73 Å². The van der Waals surface area contributed by atoms with Crippen LogP contribution >= 0.6 is 0 Å². The number of rotatable bonds is 5. The summed E-state index contributed by atoms with van der Waals surface area (Å²) in [7, 11) is 0. The Morgan fingerprint density at radius 2 is 1.95 bits per heavy atom. The summed E-state index contributed by atoms with van der Waals surface area (Å²) in [5.41, 5.74) is 6.61. The van der Waals surface area contributed by atoms with Crippen LogP contribution in [0.3, 0.4) is 0 Å². The number of allylic oxidation sites excluding steroid dienone is 3. The van der Waals surface area contributed by atoms with Crippen molar-refractivity contribution in [2.45, 2.75) is 19.4 Å². The number of hydrogen-bond donors (Lipinski definition) is 1. The fourth-order valence-corrected chi connectivity index (χ4v) is 1.41. The summed E-state index contributed by atoms with van der Waals surface area (Å²) in [6.07, 6.45) is 6.43. The van der Waals surface area contributed by atoms with Crippen molar-refractivity contribution in [3.8, 4) is 0 Å². The van der Waals surface area contributed by atoms with Gasteiger partial charge >= 0.3 is 11.9 Å². The topological polar surface area (TPSA) is 69.4 Å². The zero-order chi connectivity index (χ0) is 14.1. The molecular weight excluding hydrogens is 242 g/mol. The largest absolute Gasteiger partial charge is 0.389 e. The van der Waals surface area contributed by atoms with Crippen LogP contribution in [0.2, 0.25) is 0 Å². The number of carbonyl (C=O) groups excluding carboxylic acids is 2. The molecule has 0 saturated carbocycles. The number of hydrogen-bond acceptors (Lipinski definition) is 4. The summed E-state index contributed by atoms with van der Waals surface area (Å²) in [6.45, 7) is 1.82. The number of benzene rings is 1. The van der Waals surface area contributed by atoms with Gasteiger partial charge in [0.2, 0.25) is 0 Å². The molecule has 19 heavy (non-hydrogen) atoms. The second-order valence-electron chi connectivity index (χ2n) is 3.92. The van der Waals surface area contributed by atoms with Crippen LogP contribution in [0.25, 0.3) is 0 Å². The first kappa shape index (κ1) is 14.9. The van der Waals surface area contributed by atoms with Gasteiger partial charge < -0.3 is 10.5 Å². The Balaban J connectivity index is 2.47. The van der Waals surface area contributed by atoms with Crippen LogP contribution in [0.5, 0.6) is 0 Å². The highest BCUT2D eigenvalue weighted by Gasteiger charge is 2.17. The number of ether oxygens (including phenoxy) is 1. The highest BCUT2D eigenvalue weighted by molar-refractivity contribution is 5.94. The van der Waals surface area contributed by atoms with Crippen LogP contribution in [-0.2, 0) is 20.7 Å². The maximum absolute atomic E-state index is 11.6. The maximum atomic E-state index is 11.6. The molecular formula is C15H17NO3. The van der Waals surface area contributed by atoms with E-state index in [1.165, 1.54) is 12.2 Å². The van der Waals surface area contributed by atoms with Gasteiger partial charge in [0.15, 0.2) is 0 Å². The fourth-order valence-electron chi connectivity index (χ4n) is 1.41. The molecule has 0 unspecified atom stereocenters. The van der Waals surface area contributed by atoms with Gasteiger partial charge in [-0.25, -0.2) is 9.59 Å². The number of carbonyl (C=O) groups is 2. The lowest BCUT2D eigenvalue weighted by molar-refractivity contribution is -0.157. The van der Waals surface area contributed by atoms with Gasteiger partial charge in [-0.3, -0.25) is 0 Å². The average Bonchev–Trinajstić information content (AvgIpc) is 2.40. The molecule has 0 heterocycles. The van der Waals surface area contributed by atoms with Crippen molar-refractivity contribution in [1.82, 2.24) is 0 Å². The molecule has 0 aromatic heterocycles. The van der Waals surface area contributed by atoms with Gasteiger partial charge in [-0.2, -0.15) is 0 Å². The second-order valence-corrected chi connectivity index (χ2v) is 3.92. The summed E-state index contributed by atoms with van der Waals surface area (Å²) < 4.78 is 4.61. The summed E-state index contributed by atoms with van der Waals surface area (Å²) in [5, 5.41) is 0. The summed E-state index contributed by atoms with van der Waals surface area (Å²) >= 11 is 0. The van der Waals surface area contributed by atoms with Crippen molar-refractivity contribution in [3.05, 3.63) is 60.2 Å². The van der Waals surface area contributed by atoms with Gasteiger partial charge in [0.05, 0.1) is 0 Å². The normalized spacial score (nSPS) is 12.7. The van der Waals surface area contributed by atoms with Gasteiger partial charge in [-0.1, -0.05) is 48.6 Å². The minimum atomic E-state index is -0.846. The minimum Gasteiger partial charge on any atom is -0.389 e. The predicted molar refractivity (Wildman–Crippen MR) is 73.2 cm³/mol. The Labute approximate surface area is 112 Å². The standard InChI is InChI=1S/C15H17NO3/c1-2-3-5-10-14(17)19-15(18)13(16)11-12-8-6-4-7-9-12/h2-10,13H,11,16H2,1H3/b3-2+,10-5+/t13-/m0/s1. The zero-order valence-electron chi connectivity index (χ0n) is 10.8. The molecule has 1 aromatic carbocycles. The van der Waals surface area contributed by atoms with Crippen LogP contribution in [0.4, 0.5) is 0 Å². The molecule has 0 bridgehead atoms. The van der Waals surface area contributed by atoms with E-state index in [4.69, 9.17) is 5.73 Å². The quantitative estimate of drug-likeness (QED) is 0.378. The Morgan fingerprint density at radius 3 is 2.58 bits per heavy atom. The van der Waals surface area contributed by atoms with Crippen molar-refractivity contribution in [1.29, 1.82) is 0 Å². The molecule has 0 fully saturated rings. The Hall–Kier alpha value is -2.20. The van der Waals surface area contributed by atoms with Crippen molar-refractivity contribution >= 4 is 11.9 Å². The number of esters is 2. The third-order valence-corrected chi connectivity index (χ3v) is 2.34. The molecule has 0 aliphatic carbocycles. The molecule has 0 radical (unpaired) electrons. The lowest BCUT2D eigenvalue weighted by Gasteiger charge is -2.09. The molecule has 4 heteroatoms. The minimum absolute atomic E-state index is 0.339. The van der Waals surface area contributed by atoms with Crippen molar-refractivity contribution < 1.29 is 14.3 Å². The summed E-state index contributed by atoms with van der Waals surface area (Å²) in [6, 6.07) is 8.48. The van der Waals surface area contributed by atoms with E-state index in [-0.39, 0.29) is 0 Å². The van der Waals surface area contributed by atoms with Gasteiger partial charge in [0, 0.05) is 6.08 Å². The monoisotopic (exact) mass is 259 g/mol. The molecule has 0 saturated heterocycles. The zero-order valence-corrected chi connectivity index (χ0v) is 10.8. The van der Waals surface area contributed by atoms with Crippen LogP contribution in [0, 0.1) is 0 Å². The molecule has 0 aliphatic heterocycles. The molecule has 1 aromatic rings. The van der Waals surface area contributed by atoms with E-state index in [9.17, 15) is 9.59 Å². The summed E-state index contributed by atoms with van der Waals surface area (Å²) in [5.74, 6) is -1.44. The smallest absolute Gasteiger partial charge is 0.338 e. The first-order chi connectivity index (χ1) is 9.13. The molecule has 1 atom stereocenters. The van der Waals surface area contributed by atoms with Crippen molar-refractivity contribution in [3.63, 3.8) is 0 Å². The first-order valence-corrected chi connectivity index (χ1v) is 5.98. The highest BCUT2D eigenvalue weighted by Crippen LogP contribution is 2.03. The average molecular weight is 259 g/mol. The van der Waals surface area contributed by atoms with Crippen LogP contribution in [0.15, 0.2) is 54.6 Å². The number of nitrogens with two attached hydrogens (primary N) is 1.